The molecule has 4 aromatic rings. The fourth-order valence-electron chi connectivity index (χ4n) is 8.62. The van der Waals surface area contributed by atoms with Gasteiger partial charge in [-0.3, -0.25) is 0 Å². The molecule has 0 amide bonds. The van der Waals surface area contributed by atoms with Crippen LogP contribution in [0.2, 0.25) is 0 Å². The molecule has 0 atom stereocenters. The van der Waals surface area contributed by atoms with Crippen LogP contribution in [-0.2, 0) is 89.1 Å². The maximum absolute atomic E-state index is 12.7. The molecule has 14 heteroatoms. The molecule has 5 rings (SSSR count). The van der Waals surface area contributed by atoms with Crippen LogP contribution in [0.1, 0.15) is 178 Å². The summed E-state index contributed by atoms with van der Waals surface area (Å²) in [5, 5.41) is 32.1. The molecule has 0 fully saturated rings. The molecule has 0 saturated heterocycles. The lowest BCUT2D eigenvalue weighted by Crippen LogP contribution is -2.22. The molecule has 388 valence electrons. The number of hydrogen-bond donors (Lipinski definition) is 4. The summed E-state index contributed by atoms with van der Waals surface area (Å²) in [4.78, 5) is 0. The molecule has 0 aliphatic heterocycles. The minimum atomic E-state index is -2.72. The van der Waals surface area contributed by atoms with Crippen LogP contribution < -0.4 is 19.6 Å². The third kappa shape index (κ3) is 15.1. The minimum absolute atomic E-state index is 0.229. The average molecular weight is 1040 g/mol. The molecule has 0 spiro atoms. The van der Waals surface area contributed by atoms with Gasteiger partial charge in [0.1, 0.15) is 36.2 Å². The quantitative estimate of drug-likeness (QED) is 0.0494. The maximum Gasteiger partial charge on any atom is 0.261 e. The molecule has 4 N–H and O–H groups in total. The van der Waals surface area contributed by atoms with Gasteiger partial charge in [-0.1, -0.05) is 132 Å². The van der Waals surface area contributed by atoms with Crippen molar-refractivity contribution in [2.75, 3.05) is 52.7 Å². The second-order valence-electron chi connectivity index (χ2n) is 22.4. The molecule has 0 heterocycles. The summed E-state index contributed by atoms with van der Waals surface area (Å²) in [5.74, 6) is 1.92. The Bertz CT molecular complexity index is 2260. The van der Waals surface area contributed by atoms with Crippen molar-refractivity contribution in [3.05, 3.63) is 115 Å². The molecule has 0 saturated carbocycles. The molecule has 8 bridgehead atoms. The highest BCUT2D eigenvalue weighted by Crippen LogP contribution is 2.46. The van der Waals surface area contributed by atoms with Gasteiger partial charge in [0.2, 0.25) is 0 Å². The fraction of sp³-hybridized carbons (Fsp3) is 0.571. The van der Waals surface area contributed by atoms with Crippen molar-refractivity contribution >= 4 is 36.9 Å². The highest BCUT2D eigenvalue weighted by molar-refractivity contribution is 8.09. The van der Waals surface area contributed by atoms with Crippen molar-refractivity contribution < 1.29 is 37.8 Å². The van der Waals surface area contributed by atoms with E-state index in [-0.39, 0.29) is 46.4 Å². The summed E-state index contributed by atoms with van der Waals surface area (Å²) >= 11 is 11.6. The van der Waals surface area contributed by atoms with Gasteiger partial charge in [0.05, 0.1) is 26.4 Å². The van der Waals surface area contributed by atoms with E-state index in [1.807, 2.05) is 27.7 Å². The van der Waals surface area contributed by atoms with Crippen molar-refractivity contribution in [3.63, 3.8) is 0 Å². The number of hydrogen-bond acceptors (Lipinski definition) is 10. The smallest absolute Gasteiger partial charge is 0.261 e. The van der Waals surface area contributed by atoms with Crippen molar-refractivity contribution in [2.24, 2.45) is 0 Å². The number of phenols is 2. The Morgan fingerprint density at radius 2 is 0.629 bits per heavy atom. The van der Waals surface area contributed by atoms with E-state index in [9.17, 15) is 10.2 Å². The first-order valence-electron chi connectivity index (χ1n) is 25.1. The second kappa shape index (κ2) is 23.6. The van der Waals surface area contributed by atoms with Gasteiger partial charge in [-0.25, -0.2) is 10.2 Å². The molecule has 0 unspecified atom stereocenters. The van der Waals surface area contributed by atoms with Gasteiger partial charge in [0.15, 0.2) is 0 Å². The maximum atomic E-state index is 12.7. The van der Waals surface area contributed by atoms with Crippen LogP contribution in [0.15, 0.2) is 48.5 Å². The molecule has 1 aliphatic carbocycles. The Labute approximate surface area is 431 Å². The molecular weight excluding hydrogens is 955 g/mol. The predicted molar refractivity (Wildman–Crippen MR) is 297 cm³/mol. The fourth-order valence-corrected chi connectivity index (χ4v) is 13.0. The zero-order valence-electron chi connectivity index (χ0n) is 45.2. The number of phenolic OH excluding ortho intramolecular Hbond substituents is 2. The number of benzene rings is 4. The first-order valence-corrected chi connectivity index (χ1v) is 30.4. The van der Waals surface area contributed by atoms with Gasteiger partial charge in [-0.2, -0.15) is 0 Å². The van der Waals surface area contributed by atoms with E-state index in [1.54, 1.807) is 0 Å². The SMILES string of the molecule is CCOP(=S)(NCCOc1c2cc(C(C)(C)C)cc1Cc1cc(C(C)(C)C)cc(c1O)Cc1cc(C(C)(C)C)cc(c1OCCNP(=S)(OCC)OCC)Cc1cc(C(C)(C)C)cc(c1O)C2)OCC. The van der Waals surface area contributed by atoms with Crippen LogP contribution in [0.25, 0.3) is 0 Å². The standard InChI is InChI=1S/C56H84N2O8P2S2/c1-17-63-67(69,64-18-2)57-21-23-61-51-41-25-37-29-45(53(5,6)7)31-39(49(37)59)27-43-35-48(56(14,15)16)36-44(52(43)62-24-22-58-68(70,65-19-3)66-20-4)28-40-32-46(54(8,9)10)30-38(50(40)60)26-42(51)34-47(33-41)55(11,12)13/h29-36,59-60H,17-28H2,1-16H3,(H,57,69)(H,58,70). The lowest BCUT2D eigenvalue weighted by atomic mass is 9.79. The van der Waals surface area contributed by atoms with Gasteiger partial charge in [-0.05, 0) is 140 Å². The Balaban J connectivity index is 1.83. The third-order valence-corrected chi connectivity index (χ3v) is 18.2. The zero-order valence-corrected chi connectivity index (χ0v) is 48.6. The van der Waals surface area contributed by atoms with E-state index in [2.05, 4.69) is 142 Å². The van der Waals surface area contributed by atoms with E-state index >= 15 is 0 Å². The van der Waals surface area contributed by atoms with Crippen LogP contribution in [0, 0.1) is 0 Å². The second-order valence-corrected chi connectivity index (χ2v) is 29.0. The molecule has 0 aromatic heterocycles. The summed E-state index contributed by atoms with van der Waals surface area (Å²) < 4.78 is 37.5. The molecule has 70 heavy (non-hydrogen) atoms. The summed E-state index contributed by atoms with van der Waals surface area (Å²) in [6.07, 6.45) is 1.58. The van der Waals surface area contributed by atoms with Crippen LogP contribution in [0.5, 0.6) is 23.0 Å². The first kappa shape index (κ1) is 58.0. The van der Waals surface area contributed by atoms with Gasteiger partial charge in [0, 0.05) is 38.8 Å². The van der Waals surface area contributed by atoms with Crippen molar-refractivity contribution in [1.29, 1.82) is 0 Å². The van der Waals surface area contributed by atoms with Gasteiger partial charge >= 0.3 is 0 Å². The number of nitrogens with one attached hydrogen (secondary N) is 2. The number of fused-ring (bicyclic) bond motifs is 8. The van der Waals surface area contributed by atoms with E-state index in [1.165, 1.54) is 0 Å². The van der Waals surface area contributed by atoms with Gasteiger partial charge in [0.25, 0.3) is 13.3 Å². The number of rotatable bonds is 18. The Hall–Kier alpha value is -2.86. The monoisotopic (exact) mass is 1040 g/mol. The highest BCUT2D eigenvalue weighted by atomic mass is 32.5. The Kier molecular flexibility index (Phi) is 19.5. The molecule has 4 aromatic carbocycles. The summed E-state index contributed by atoms with van der Waals surface area (Å²) in [7, 11) is 0. The van der Waals surface area contributed by atoms with Gasteiger partial charge < -0.3 is 37.8 Å². The highest BCUT2D eigenvalue weighted by Gasteiger charge is 2.29. The number of ether oxygens (including phenoxy) is 2. The molecular formula is C56H84N2O8P2S2. The summed E-state index contributed by atoms with van der Waals surface area (Å²) in [6.45, 7) is 31.8. The topological polar surface area (TPSA) is 120 Å². The largest absolute Gasteiger partial charge is 0.507 e. The van der Waals surface area contributed by atoms with Crippen LogP contribution >= 0.6 is 13.3 Å². The zero-order chi connectivity index (χ0) is 52.0. The van der Waals surface area contributed by atoms with Crippen LogP contribution in [-0.4, -0.2) is 62.9 Å². The van der Waals surface area contributed by atoms with Crippen molar-refractivity contribution in [1.82, 2.24) is 10.2 Å². The van der Waals surface area contributed by atoms with Gasteiger partial charge in [-0.15, -0.1) is 0 Å². The van der Waals surface area contributed by atoms with Crippen LogP contribution in [0.4, 0.5) is 0 Å². The van der Waals surface area contributed by atoms with E-state index < -0.39 is 13.3 Å². The van der Waals surface area contributed by atoms with Crippen molar-refractivity contribution in [3.8, 4) is 23.0 Å². The third-order valence-electron chi connectivity index (χ3n) is 12.5. The summed E-state index contributed by atoms with van der Waals surface area (Å²) in [6, 6.07) is 17.6. The Morgan fingerprint density at radius 3 is 0.829 bits per heavy atom. The van der Waals surface area contributed by atoms with E-state index in [0.29, 0.717) is 65.2 Å². The van der Waals surface area contributed by atoms with E-state index in [4.69, 9.17) is 51.2 Å². The number of aromatic hydroxyl groups is 2. The molecule has 10 nitrogen and oxygen atoms in total. The lowest BCUT2D eigenvalue weighted by Gasteiger charge is -2.28. The average Bonchev–Trinajstić information content (AvgIpc) is 3.23. The minimum Gasteiger partial charge on any atom is -0.507 e. The first-order chi connectivity index (χ1) is 32.5. The summed E-state index contributed by atoms with van der Waals surface area (Å²) in [5.41, 5.74) is 10.5. The predicted octanol–water partition coefficient (Wildman–Crippen LogP) is 13.5. The van der Waals surface area contributed by atoms with Crippen molar-refractivity contribution in [2.45, 2.75) is 158 Å². The normalized spacial score (nSPS) is 13.9. The molecule has 1 aliphatic rings. The molecule has 0 radical (unpaired) electrons. The lowest BCUT2D eigenvalue weighted by molar-refractivity contribution is 0.251. The van der Waals surface area contributed by atoms with E-state index in [0.717, 1.165) is 78.3 Å². The Morgan fingerprint density at radius 1 is 0.414 bits per heavy atom. The van der Waals surface area contributed by atoms with Crippen LogP contribution in [0.3, 0.4) is 0 Å².